The number of rotatable bonds is 1. The van der Waals surface area contributed by atoms with Crippen LogP contribution in [-0.4, -0.2) is 19.2 Å². The van der Waals surface area contributed by atoms with Crippen molar-refractivity contribution in [3.8, 4) is 0 Å². The molecule has 0 bridgehead atoms. The Hall–Kier alpha value is -1.51. The SMILES string of the molecule is c1cc2c(c(NC3=NCCCO3)c1)CCCC2. The van der Waals surface area contributed by atoms with Crippen LogP contribution in [0.3, 0.4) is 0 Å². The highest BCUT2D eigenvalue weighted by molar-refractivity contribution is 5.90. The first-order chi connectivity index (χ1) is 8.43. The smallest absolute Gasteiger partial charge is 0.289 e. The molecule has 3 nitrogen and oxygen atoms in total. The molecule has 1 aliphatic heterocycles. The van der Waals surface area contributed by atoms with Crippen molar-refractivity contribution < 1.29 is 4.74 Å². The zero-order chi connectivity index (χ0) is 11.5. The van der Waals surface area contributed by atoms with Gasteiger partial charge in [0, 0.05) is 18.7 Å². The molecule has 0 radical (unpaired) electrons. The molecule has 0 fully saturated rings. The van der Waals surface area contributed by atoms with E-state index < -0.39 is 0 Å². The van der Waals surface area contributed by atoms with Crippen molar-refractivity contribution in [1.82, 2.24) is 0 Å². The topological polar surface area (TPSA) is 33.6 Å². The number of amidine groups is 1. The average molecular weight is 230 g/mol. The normalized spacial score (nSPS) is 18.9. The van der Waals surface area contributed by atoms with E-state index in [9.17, 15) is 0 Å². The Morgan fingerprint density at radius 1 is 1.12 bits per heavy atom. The zero-order valence-corrected chi connectivity index (χ0v) is 10.0. The first-order valence-corrected chi connectivity index (χ1v) is 6.48. The number of nitrogens with one attached hydrogen (secondary N) is 1. The van der Waals surface area contributed by atoms with Crippen LogP contribution < -0.4 is 5.32 Å². The van der Waals surface area contributed by atoms with E-state index >= 15 is 0 Å². The maximum Gasteiger partial charge on any atom is 0.289 e. The number of anilines is 1. The first kappa shape index (κ1) is 10.6. The molecule has 2 aliphatic rings. The number of ether oxygens (including phenoxy) is 1. The number of aryl methyl sites for hydroxylation is 1. The molecule has 3 heteroatoms. The van der Waals surface area contributed by atoms with Crippen molar-refractivity contribution in [3.63, 3.8) is 0 Å². The molecule has 0 atom stereocenters. The number of fused-ring (bicyclic) bond motifs is 1. The van der Waals surface area contributed by atoms with Crippen molar-refractivity contribution in [1.29, 1.82) is 0 Å². The fraction of sp³-hybridized carbons (Fsp3) is 0.500. The van der Waals surface area contributed by atoms with E-state index in [0.29, 0.717) is 6.02 Å². The highest BCUT2D eigenvalue weighted by Crippen LogP contribution is 2.28. The molecule has 0 saturated carbocycles. The second-order valence-electron chi connectivity index (χ2n) is 4.66. The quantitative estimate of drug-likeness (QED) is 0.804. The lowest BCUT2D eigenvalue weighted by atomic mass is 9.90. The number of hydrogen-bond donors (Lipinski definition) is 1. The summed E-state index contributed by atoms with van der Waals surface area (Å²) in [4.78, 5) is 4.36. The van der Waals surface area contributed by atoms with Gasteiger partial charge in [-0.2, -0.15) is 0 Å². The summed E-state index contributed by atoms with van der Waals surface area (Å²) in [5.41, 5.74) is 4.12. The van der Waals surface area contributed by atoms with Gasteiger partial charge in [0.2, 0.25) is 0 Å². The van der Waals surface area contributed by atoms with E-state index in [-0.39, 0.29) is 0 Å². The van der Waals surface area contributed by atoms with Crippen LogP contribution >= 0.6 is 0 Å². The summed E-state index contributed by atoms with van der Waals surface area (Å²) in [5, 5.41) is 3.34. The minimum atomic E-state index is 0.690. The maximum absolute atomic E-state index is 5.51. The molecule has 17 heavy (non-hydrogen) atoms. The zero-order valence-electron chi connectivity index (χ0n) is 10.0. The van der Waals surface area contributed by atoms with E-state index in [0.717, 1.165) is 19.6 Å². The van der Waals surface area contributed by atoms with Gasteiger partial charge in [0.15, 0.2) is 0 Å². The van der Waals surface area contributed by atoms with E-state index in [4.69, 9.17) is 4.74 Å². The molecule has 1 aromatic carbocycles. The number of benzene rings is 1. The van der Waals surface area contributed by atoms with Crippen LogP contribution in [0.1, 0.15) is 30.4 Å². The van der Waals surface area contributed by atoms with Gasteiger partial charge in [-0.25, -0.2) is 4.99 Å². The van der Waals surface area contributed by atoms with Crippen molar-refractivity contribution in [3.05, 3.63) is 29.3 Å². The average Bonchev–Trinajstić information content (AvgIpc) is 2.40. The Morgan fingerprint density at radius 3 is 2.94 bits per heavy atom. The summed E-state index contributed by atoms with van der Waals surface area (Å²) in [5.74, 6) is 0. The van der Waals surface area contributed by atoms with Crippen LogP contribution in [0.15, 0.2) is 23.2 Å². The largest absolute Gasteiger partial charge is 0.465 e. The molecular formula is C14H18N2O. The Morgan fingerprint density at radius 2 is 2.06 bits per heavy atom. The highest BCUT2D eigenvalue weighted by atomic mass is 16.5. The van der Waals surface area contributed by atoms with Crippen molar-refractivity contribution in [2.24, 2.45) is 4.99 Å². The lowest BCUT2D eigenvalue weighted by molar-refractivity contribution is 0.282. The molecule has 0 spiro atoms. The second-order valence-corrected chi connectivity index (χ2v) is 4.66. The summed E-state index contributed by atoms with van der Waals surface area (Å²) >= 11 is 0. The van der Waals surface area contributed by atoms with Gasteiger partial charge in [-0.3, -0.25) is 0 Å². The fourth-order valence-electron chi connectivity index (χ4n) is 2.55. The van der Waals surface area contributed by atoms with E-state index in [2.05, 4.69) is 28.5 Å². The molecule has 1 N–H and O–H groups in total. The number of nitrogens with zero attached hydrogens (tertiary/aromatic N) is 1. The first-order valence-electron chi connectivity index (χ1n) is 6.48. The summed E-state index contributed by atoms with van der Waals surface area (Å²) in [6.45, 7) is 1.65. The molecular weight excluding hydrogens is 212 g/mol. The molecule has 0 aromatic heterocycles. The standard InChI is InChI=1S/C14H18N2O/c1-2-7-12-11(5-1)6-3-8-13(12)16-14-15-9-4-10-17-14/h3,6,8H,1-2,4-5,7,9-10H2,(H,15,16). The monoisotopic (exact) mass is 230 g/mol. The molecule has 90 valence electrons. The van der Waals surface area contributed by atoms with Crippen molar-refractivity contribution >= 4 is 11.7 Å². The Labute approximate surface area is 102 Å². The summed E-state index contributed by atoms with van der Waals surface area (Å²) < 4.78 is 5.51. The molecule has 1 aliphatic carbocycles. The van der Waals surface area contributed by atoms with Gasteiger partial charge in [0.05, 0.1) is 6.61 Å². The molecule has 0 saturated heterocycles. The third-order valence-electron chi connectivity index (χ3n) is 3.43. The lowest BCUT2D eigenvalue weighted by Crippen LogP contribution is -2.22. The molecule has 1 aromatic rings. The highest BCUT2D eigenvalue weighted by Gasteiger charge is 2.14. The van der Waals surface area contributed by atoms with Crippen LogP contribution in [0.25, 0.3) is 0 Å². The Balaban J connectivity index is 1.85. The van der Waals surface area contributed by atoms with E-state index in [1.54, 1.807) is 0 Å². The minimum absolute atomic E-state index is 0.690. The lowest BCUT2D eigenvalue weighted by Gasteiger charge is -2.21. The Kier molecular flexibility index (Phi) is 2.99. The van der Waals surface area contributed by atoms with Gasteiger partial charge in [0.1, 0.15) is 0 Å². The third kappa shape index (κ3) is 2.28. The Bertz CT molecular complexity index is 440. The predicted octanol–water partition coefficient (Wildman–Crippen LogP) is 2.75. The van der Waals surface area contributed by atoms with Crippen LogP contribution in [0.2, 0.25) is 0 Å². The fourth-order valence-corrected chi connectivity index (χ4v) is 2.55. The van der Waals surface area contributed by atoms with E-state index in [1.165, 1.54) is 42.5 Å². The van der Waals surface area contributed by atoms with Gasteiger partial charge in [-0.1, -0.05) is 12.1 Å². The van der Waals surface area contributed by atoms with Gasteiger partial charge >= 0.3 is 0 Å². The summed E-state index contributed by atoms with van der Waals surface area (Å²) in [6, 6.07) is 7.18. The van der Waals surface area contributed by atoms with Crippen LogP contribution in [-0.2, 0) is 17.6 Å². The molecule has 3 rings (SSSR count). The third-order valence-corrected chi connectivity index (χ3v) is 3.43. The van der Waals surface area contributed by atoms with Gasteiger partial charge in [0.25, 0.3) is 6.02 Å². The predicted molar refractivity (Wildman–Crippen MR) is 69.6 cm³/mol. The van der Waals surface area contributed by atoms with Gasteiger partial charge < -0.3 is 10.1 Å². The van der Waals surface area contributed by atoms with Crippen LogP contribution in [0, 0.1) is 0 Å². The van der Waals surface area contributed by atoms with Crippen LogP contribution in [0.5, 0.6) is 0 Å². The summed E-state index contributed by atoms with van der Waals surface area (Å²) in [7, 11) is 0. The van der Waals surface area contributed by atoms with Crippen molar-refractivity contribution in [2.75, 3.05) is 18.5 Å². The number of hydrogen-bond acceptors (Lipinski definition) is 3. The molecule has 0 amide bonds. The second kappa shape index (κ2) is 4.78. The van der Waals surface area contributed by atoms with Gasteiger partial charge in [-0.15, -0.1) is 0 Å². The maximum atomic E-state index is 5.51. The van der Waals surface area contributed by atoms with Crippen molar-refractivity contribution in [2.45, 2.75) is 32.1 Å². The number of aliphatic imine (C=N–C) groups is 1. The molecule has 0 unspecified atom stereocenters. The van der Waals surface area contributed by atoms with E-state index in [1.807, 2.05) is 0 Å². The van der Waals surface area contributed by atoms with Gasteiger partial charge in [-0.05, 0) is 42.9 Å². The van der Waals surface area contributed by atoms with Crippen LogP contribution in [0.4, 0.5) is 5.69 Å². The molecule has 1 heterocycles. The summed E-state index contributed by atoms with van der Waals surface area (Å²) in [6.07, 6.45) is 6.01. The minimum Gasteiger partial charge on any atom is -0.465 e.